The molecule has 12 heteroatoms. The van der Waals surface area contributed by atoms with Crippen LogP contribution in [0.2, 0.25) is 0 Å². The maximum atomic E-state index is 13.1. The standard InChI is InChI=1S/C26H19F3IN3O5/c1-3-37-23-13-16(11-19-15(2)31-32(25(19)34)18-7-5-4-6-8-18)12-20(30)24(23)38-22-10-9-17(26(27,28)29)14-21(22)33(35)36/h4-14H,3H2,1-2H3/b19-11+. The second-order valence-corrected chi connectivity index (χ2v) is 9.16. The summed E-state index contributed by atoms with van der Waals surface area (Å²) in [5.41, 5.74) is 0.0491. The zero-order chi connectivity index (χ0) is 27.6. The van der Waals surface area contributed by atoms with Crippen LogP contribution in [0.15, 0.2) is 71.3 Å². The number of hydrazone groups is 1. The minimum absolute atomic E-state index is 0.0894. The van der Waals surface area contributed by atoms with E-state index >= 15 is 0 Å². The van der Waals surface area contributed by atoms with E-state index in [2.05, 4.69) is 5.10 Å². The molecule has 1 heterocycles. The van der Waals surface area contributed by atoms with Crippen LogP contribution in [-0.4, -0.2) is 23.1 Å². The molecule has 4 rings (SSSR count). The second-order valence-electron chi connectivity index (χ2n) is 8.00. The van der Waals surface area contributed by atoms with Crippen LogP contribution in [0.4, 0.5) is 24.5 Å². The first-order chi connectivity index (χ1) is 18.0. The normalized spacial score (nSPS) is 14.6. The van der Waals surface area contributed by atoms with E-state index < -0.39 is 22.4 Å². The van der Waals surface area contributed by atoms with Crippen molar-refractivity contribution in [2.24, 2.45) is 5.10 Å². The predicted octanol–water partition coefficient (Wildman–Crippen LogP) is 7.22. The second kappa shape index (κ2) is 10.8. The molecular formula is C26H19F3IN3O5. The van der Waals surface area contributed by atoms with Crippen molar-refractivity contribution < 1.29 is 32.4 Å². The molecule has 1 amide bonds. The lowest BCUT2D eigenvalue weighted by Gasteiger charge is -2.15. The first-order valence-corrected chi connectivity index (χ1v) is 12.2. The number of amides is 1. The first-order valence-electron chi connectivity index (χ1n) is 11.2. The third kappa shape index (κ3) is 5.64. The Labute approximate surface area is 228 Å². The Bertz CT molecular complexity index is 1470. The lowest BCUT2D eigenvalue weighted by molar-refractivity contribution is -0.385. The molecule has 0 N–H and O–H groups in total. The number of alkyl halides is 3. The number of nitro groups is 1. The molecule has 0 spiro atoms. The number of hydrogen-bond acceptors (Lipinski definition) is 6. The summed E-state index contributed by atoms with van der Waals surface area (Å²) in [6.45, 7) is 3.64. The van der Waals surface area contributed by atoms with Gasteiger partial charge in [-0.25, -0.2) is 0 Å². The van der Waals surface area contributed by atoms with E-state index in [9.17, 15) is 28.1 Å². The van der Waals surface area contributed by atoms with Crippen LogP contribution >= 0.6 is 22.6 Å². The number of rotatable bonds is 7. The average Bonchev–Trinajstić information content (AvgIpc) is 3.14. The fraction of sp³-hybridized carbons (Fsp3) is 0.154. The molecule has 0 saturated carbocycles. The van der Waals surface area contributed by atoms with Gasteiger partial charge in [-0.2, -0.15) is 23.3 Å². The highest BCUT2D eigenvalue weighted by atomic mass is 127. The van der Waals surface area contributed by atoms with Gasteiger partial charge in [-0.1, -0.05) is 18.2 Å². The molecule has 0 aromatic heterocycles. The van der Waals surface area contributed by atoms with Gasteiger partial charge in [-0.15, -0.1) is 0 Å². The van der Waals surface area contributed by atoms with Gasteiger partial charge in [0, 0.05) is 6.07 Å². The smallest absolute Gasteiger partial charge is 0.416 e. The molecule has 1 aliphatic rings. The van der Waals surface area contributed by atoms with E-state index in [-0.39, 0.29) is 29.8 Å². The highest BCUT2D eigenvalue weighted by Gasteiger charge is 2.34. The summed E-state index contributed by atoms with van der Waals surface area (Å²) in [6, 6.07) is 14.2. The van der Waals surface area contributed by atoms with Crippen molar-refractivity contribution in [3.8, 4) is 17.2 Å². The van der Waals surface area contributed by atoms with E-state index in [0.717, 1.165) is 6.07 Å². The minimum atomic E-state index is -4.75. The molecule has 8 nitrogen and oxygen atoms in total. The monoisotopic (exact) mass is 637 g/mol. The van der Waals surface area contributed by atoms with Gasteiger partial charge in [0.1, 0.15) is 0 Å². The van der Waals surface area contributed by atoms with Crippen LogP contribution in [0.5, 0.6) is 17.2 Å². The lowest BCUT2D eigenvalue weighted by Crippen LogP contribution is -2.21. The third-order valence-corrected chi connectivity index (χ3v) is 6.20. The van der Waals surface area contributed by atoms with Crippen LogP contribution in [0.25, 0.3) is 6.08 Å². The van der Waals surface area contributed by atoms with E-state index in [1.54, 1.807) is 56.3 Å². The summed E-state index contributed by atoms with van der Waals surface area (Å²) >= 11 is 1.93. The molecule has 3 aromatic rings. The molecule has 0 unspecified atom stereocenters. The topological polar surface area (TPSA) is 94.3 Å². The number of halogens is 4. The number of hydrogen-bond donors (Lipinski definition) is 0. The van der Waals surface area contributed by atoms with Crippen LogP contribution < -0.4 is 14.5 Å². The average molecular weight is 637 g/mol. The molecule has 0 bridgehead atoms. The molecule has 0 atom stereocenters. The van der Waals surface area contributed by atoms with E-state index in [1.165, 1.54) is 5.01 Å². The van der Waals surface area contributed by atoms with Crippen LogP contribution in [-0.2, 0) is 11.0 Å². The van der Waals surface area contributed by atoms with Crippen LogP contribution in [0, 0.1) is 13.7 Å². The van der Waals surface area contributed by atoms with Crippen molar-refractivity contribution in [3.05, 3.63) is 91.0 Å². The van der Waals surface area contributed by atoms with Gasteiger partial charge in [0.25, 0.3) is 5.91 Å². The molecule has 3 aromatic carbocycles. The molecule has 0 radical (unpaired) electrons. The van der Waals surface area contributed by atoms with Crippen molar-refractivity contribution in [2.45, 2.75) is 20.0 Å². The molecule has 0 fully saturated rings. The van der Waals surface area contributed by atoms with Gasteiger partial charge in [-0.05, 0) is 84.5 Å². The summed E-state index contributed by atoms with van der Waals surface area (Å²) in [5.74, 6) is -0.408. The molecule has 0 aliphatic carbocycles. The largest absolute Gasteiger partial charge is 0.490 e. The fourth-order valence-electron chi connectivity index (χ4n) is 3.66. The van der Waals surface area contributed by atoms with Gasteiger partial charge in [-0.3, -0.25) is 14.9 Å². The number of carbonyl (C=O) groups is 1. The Balaban J connectivity index is 1.71. The van der Waals surface area contributed by atoms with Crippen molar-refractivity contribution in [2.75, 3.05) is 11.6 Å². The van der Waals surface area contributed by atoms with Crippen LogP contribution in [0.1, 0.15) is 25.0 Å². The number of ether oxygens (including phenoxy) is 2. The Hall–Kier alpha value is -3.94. The van der Waals surface area contributed by atoms with Gasteiger partial charge < -0.3 is 9.47 Å². The molecular weight excluding hydrogens is 618 g/mol. The lowest BCUT2D eigenvalue weighted by atomic mass is 10.1. The summed E-state index contributed by atoms with van der Waals surface area (Å²) in [5, 5.41) is 17.2. The fourth-order valence-corrected chi connectivity index (χ4v) is 4.40. The van der Waals surface area contributed by atoms with E-state index in [4.69, 9.17) is 9.47 Å². The van der Waals surface area contributed by atoms with Gasteiger partial charge in [0.15, 0.2) is 11.5 Å². The molecule has 38 heavy (non-hydrogen) atoms. The Kier molecular flexibility index (Phi) is 7.71. The number of carbonyl (C=O) groups excluding carboxylic acids is 1. The first kappa shape index (κ1) is 27.1. The maximum absolute atomic E-state index is 13.1. The van der Waals surface area contributed by atoms with Gasteiger partial charge in [0.05, 0.1) is 37.6 Å². The molecule has 1 aliphatic heterocycles. The van der Waals surface area contributed by atoms with Crippen LogP contribution in [0.3, 0.4) is 0 Å². The van der Waals surface area contributed by atoms with E-state index in [1.807, 2.05) is 28.7 Å². The summed E-state index contributed by atoms with van der Waals surface area (Å²) < 4.78 is 51.1. The number of anilines is 1. The number of nitro benzene ring substituents is 1. The zero-order valence-corrected chi connectivity index (χ0v) is 22.1. The molecule has 0 saturated heterocycles. The van der Waals surface area contributed by atoms with Crippen molar-refractivity contribution in [1.82, 2.24) is 0 Å². The van der Waals surface area contributed by atoms with Gasteiger partial charge >= 0.3 is 11.9 Å². The van der Waals surface area contributed by atoms with Crippen molar-refractivity contribution in [3.63, 3.8) is 0 Å². The maximum Gasteiger partial charge on any atom is 0.416 e. The van der Waals surface area contributed by atoms with E-state index in [0.29, 0.717) is 38.2 Å². The number of para-hydroxylation sites is 1. The minimum Gasteiger partial charge on any atom is -0.490 e. The highest BCUT2D eigenvalue weighted by Crippen LogP contribution is 2.43. The zero-order valence-electron chi connectivity index (χ0n) is 20.0. The van der Waals surface area contributed by atoms with Gasteiger partial charge in [0.2, 0.25) is 5.75 Å². The Morgan fingerprint density at radius 3 is 2.45 bits per heavy atom. The SMILES string of the molecule is CCOc1cc(/C=C2/C(=O)N(c3ccccc3)N=C2C)cc(I)c1Oc1ccc(C(F)(F)F)cc1[N+](=O)[O-]. The summed E-state index contributed by atoms with van der Waals surface area (Å²) in [7, 11) is 0. The quantitative estimate of drug-likeness (QED) is 0.118. The predicted molar refractivity (Wildman–Crippen MR) is 144 cm³/mol. The third-order valence-electron chi connectivity index (χ3n) is 5.40. The van der Waals surface area contributed by atoms with Crippen molar-refractivity contribution >= 4 is 51.7 Å². The highest BCUT2D eigenvalue weighted by molar-refractivity contribution is 14.1. The number of benzene rings is 3. The Morgan fingerprint density at radius 1 is 1.11 bits per heavy atom. The summed E-state index contributed by atoms with van der Waals surface area (Å²) in [4.78, 5) is 23.6. The number of nitrogens with zero attached hydrogens (tertiary/aromatic N) is 3. The summed E-state index contributed by atoms with van der Waals surface area (Å²) in [6.07, 6.45) is -3.11. The molecule has 196 valence electrons. The van der Waals surface area contributed by atoms with Crippen molar-refractivity contribution in [1.29, 1.82) is 0 Å². The Morgan fingerprint density at radius 2 is 1.82 bits per heavy atom.